The normalized spacial score (nSPS) is 26.2. The minimum absolute atomic E-state index is 0.296. The Balaban J connectivity index is 2.35. The second-order valence-electron chi connectivity index (χ2n) is 3.40. The second-order valence-corrected chi connectivity index (χ2v) is 3.40. The maximum atomic E-state index is 6.24. The molecule has 0 saturated heterocycles. The molecule has 1 unspecified atom stereocenters. The first-order chi connectivity index (χ1) is 6.31. The number of rotatable bonds is 1. The molecule has 0 bridgehead atoms. The van der Waals surface area contributed by atoms with E-state index >= 15 is 0 Å². The van der Waals surface area contributed by atoms with Gasteiger partial charge in [0.1, 0.15) is 0 Å². The van der Waals surface area contributed by atoms with Crippen LogP contribution in [0.25, 0.3) is 0 Å². The third-order valence-corrected chi connectivity index (χ3v) is 2.41. The first kappa shape index (κ1) is 8.27. The summed E-state index contributed by atoms with van der Waals surface area (Å²) in [6.45, 7) is 0. The summed E-state index contributed by atoms with van der Waals surface area (Å²) in [5, 5.41) is 0. The third kappa shape index (κ3) is 1.56. The van der Waals surface area contributed by atoms with Crippen molar-refractivity contribution in [2.45, 2.75) is 12.0 Å². The fraction of sp³-hybridized carbons (Fsp3) is 0.167. The zero-order chi connectivity index (χ0) is 9.15. The molecule has 1 aromatic carbocycles. The number of hydrogen-bond donors (Lipinski definition) is 1. The highest BCUT2D eigenvalue weighted by atomic mass is 14.7. The number of allylic oxidation sites excluding steroid dienone is 2. The van der Waals surface area contributed by atoms with Gasteiger partial charge in [0, 0.05) is 0 Å². The van der Waals surface area contributed by atoms with Gasteiger partial charge in [-0.3, -0.25) is 0 Å². The lowest BCUT2D eigenvalue weighted by atomic mass is 9.85. The Morgan fingerprint density at radius 3 is 2.46 bits per heavy atom. The highest BCUT2D eigenvalue weighted by Gasteiger charge is 2.23. The SMILES string of the molecule is NC1(c2ccccc2)C=CC=CC1. The van der Waals surface area contributed by atoms with E-state index in [1.807, 2.05) is 30.4 Å². The van der Waals surface area contributed by atoms with Crippen molar-refractivity contribution in [3.63, 3.8) is 0 Å². The molecule has 0 amide bonds. The van der Waals surface area contributed by atoms with Gasteiger partial charge in [0.2, 0.25) is 0 Å². The molecule has 1 atom stereocenters. The van der Waals surface area contributed by atoms with Gasteiger partial charge in [0.05, 0.1) is 5.54 Å². The number of hydrogen-bond acceptors (Lipinski definition) is 1. The average Bonchev–Trinajstić information content (AvgIpc) is 2.20. The largest absolute Gasteiger partial charge is 0.318 e. The van der Waals surface area contributed by atoms with E-state index in [1.54, 1.807) is 0 Å². The maximum Gasteiger partial charge on any atom is 0.0633 e. The lowest BCUT2D eigenvalue weighted by Crippen LogP contribution is -2.34. The quantitative estimate of drug-likeness (QED) is 0.689. The van der Waals surface area contributed by atoms with Crippen molar-refractivity contribution >= 4 is 0 Å². The van der Waals surface area contributed by atoms with E-state index in [1.165, 1.54) is 5.56 Å². The minimum Gasteiger partial charge on any atom is -0.318 e. The lowest BCUT2D eigenvalue weighted by molar-refractivity contribution is 0.565. The van der Waals surface area contributed by atoms with Crippen molar-refractivity contribution in [3.8, 4) is 0 Å². The Morgan fingerprint density at radius 1 is 1.08 bits per heavy atom. The first-order valence-electron chi connectivity index (χ1n) is 4.50. The van der Waals surface area contributed by atoms with Gasteiger partial charge in [-0.2, -0.15) is 0 Å². The summed E-state index contributed by atoms with van der Waals surface area (Å²) in [6, 6.07) is 10.2. The Bertz CT molecular complexity index is 337. The fourth-order valence-electron chi connectivity index (χ4n) is 1.60. The van der Waals surface area contributed by atoms with Crippen LogP contribution in [0.4, 0.5) is 0 Å². The monoisotopic (exact) mass is 171 g/mol. The van der Waals surface area contributed by atoms with Crippen LogP contribution in [0.15, 0.2) is 54.6 Å². The van der Waals surface area contributed by atoms with E-state index in [0.29, 0.717) is 0 Å². The molecule has 2 N–H and O–H groups in total. The summed E-state index contributed by atoms with van der Waals surface area (Å²) < 4.78 is 0. The topological polar surface area (TPSA) is 26.0 Å². The molecule has 0 radical (unpaired) electrons. The predicted octanol–water partition coefficient (Wildman–Crippen LogP) is 2.36. The van der Waals surface area contributed by atoms with Crippen molar-refractivity contribution in [1.82, 2.24) is 0 Å². The summed E-state index contributed by atoms with van der Waals surface area (Å²) >= 11 is 0. The zero-order valence-corrected chi connectivity index (χ0v) is 7.48. The molecule has 13 heavy (non-hydrogen) atoms. The molecular weight excluding hydrogens is 158 g/mol. The van der Waals surface area contributed by atoms with Gasteiger partial charge >= 0.3 is 0 Å². The van der Waals surface area contributed by atoms with Gasteiger partial charge in [0.15, 0.2) is 0 Å². The van der Waals surface area contributed by atoms with Crippen molar-refractivity contribution in [2.75, 3.05) is 0 Å². The molecule has 2 rings (SSSR count). The Hall–Kier alpha value is -1.34. The zero-order valence-electron chi connectivity index (χ0n) is 7.48. The van der Waals surface area contributed by atoms with Crippen LogP contribution in [-0.4, -0.2) is 0 Å². The molecule has 1 aliphatic carbocycles. The van der Waals surface area contributed by atoms with Gasteiger partial charge < -0.3 is 5.73 Å². The van der Waals surface area contributed by atoms with Gasteiger partial charge in [-0.05, 0) is 12.0 Å². The lowest BCUT2D eigenvalue weighted by Gasteiger charge is -2.26. The molecule has 0 aliphatic heterocycles. The molecule has 0 heterocycles. The molecule has 0 saturated carbocycles. The van der Waals surface area contributed by atoms with Crippen LogP contribution < -0.4 is 5.73 Å². The van der Waals surface area contributed by atoms with E-state index in [2.05, 4.69) is 24.3 Å². The van der Waals surface area contributed by atoms with Crippen LogP contribution in [0, 0.1) is 0 Å². The van der Waals surface area contributed by atoms with Crippen LogP contribution in [0.3, 0.4) is 0 Å². The molecule has 0 spiro atoms. The van der Waals surface area contributed by atoms with E-state index in [9.17, 15) is 0 Å². The number of nitrogens with two attached hydrogens (primary N) is 1. The molecule has 1 nitrogen and oxygen atoms in total. The van der Waals surface area contributed by atoms with Crippen LogP contribution in [-0.2, 0) is 5.54 Å². The average molecular weight is 171 g/mol. The summed E-state index contributed by atoms with van der Waals surface area (Å²) in [7, 11) is 0. The van der Waals surface area contributed by atoms with Crippen LogP contribution in [0.2, 0.25) is 0 Å². The second kappa shape index (κ2) is 3.19. The number of benzene rings is 1. The fourth-order valence-corrected chi connectivity index (χ4v) is 1.60. The molecule has 1 heteroatoms. The van der Waals surface area contributed by atoms with Crippen LogP contribution in [0.5, 0.6) is 0 Å². The van der Waals surface area contributed by atoms with Crippen molar-refractivity contribution in [2.24, 2.45) is 5.73 Å². The van der Waals surface area contributed by atoms with Crippen molar-refractivity contribution in [3.05, 3.63) is 60.2 Å². The summed E-state index contributed by atoms with van der Waals surface area (Å²) in [6.07, 6.45) is 9.09. The molecule has 66 valence electrons. The van der Waals surface area contributed by atoms with Gasteiger partial charge in [-0.1, -0.05) is 54.6 Å². The van der Waals surface area contributed by atoms with Crippen molar-refractivity contribution in [1.29, 1.82) is 0 Å². The minimum atomic E-state index is -0.296. The van der Waals surface area contributed by atoms with Crippen LogP contribution >= 0.6 is 0 Å². The molecule has 0 fully saturated rings. The Morgan fingerprint density at radius 2 is 1.85 bits per heavy atom. The highest BCUT2D eigenvalue weighted by Crippen LogP contribution is 2.26. The van der Waals surface area contributed by atoms with E-state index < -0.39 is 0 Å². The van der Waals surface area contributed by atoms with Gasteiger partial charge in [-0.25, -0.2) is 0 Å². The van der Waals surface area contributed by atoms with Crippen LogP contribution in [0.1, 0.15) is 12.0 Å². The Labute approximate surface area is 78.6 Å². The molecule has 1 aromatic rings. The molecule has 0 aromatic heterocycles. The van der Waals surface area contributed by atoms with E-state index in [-0.39, 0.29) is 5.54 Å². The smallest absolute Gasteiger partial charge is 0.0633 e. The third-order valence-electron chi connectivity index (χ3n) is 2.41. The molecule has 1 aliphatic rings. The highest BCUT2D eigenvalue weighted by molar-refractivity contribution is 5.33. The van der Waals surface area contributed by atoms with E-state index in [0.717, 1.165) is 6.42 Å². The predicted molar refractivity (Wildman–Crippen MR) is 55.2 cm³/mol. The van der Waals surface area contributed by atoms with Gasteiger partial charge in [0.25, 0.3) is 0 Å². The summed E-state index contributed by atoms with van der Waals surface area (Å²) in [5.41, 5.74) is 7.12. The van der Waals surface area contributed by atoms with Gasteiger partial charge in [-0.15, -0.1) is 0 Å². The standard InChI is InChI=1S/C12H13N/c13-12(9-5-2-6-10-12)11-7-3-1-4-8-11/h1-9H,10,13H2. The maximum absolute atomic E-state index is 6.24. The summed E-state index contributed by atoms with van der Waals surface area (Å²) in [4.78, 5) is 0. The summed E-state index contributed by atoms with van der Waals surface area (Å²) in [5.74, 6) is 0. The van der Waals surface area contributed by atoms with E-state index in [4.69, 9.17) is 5.73 Å². The molecular formula is C12H13N. The first-order valence-corrected chi connectivity index (χ1v) is 4.50. The Kier molecular flexibility index (Phi) is 2.03. The van der Waals surface area contributed by atoms with Crippen molar-refractivity contribution < 1.29 is 0 Å².